The molecular formula is C15H28N2O. The predicted octanol–water partition coefficient (Wildman–Crippen LogP) is 2.46. The maximum absolute atomic E-state index is 12.2. The molecule has 1 aliphatic heterocycles. The summed E-state index contributed by atoms with van der Waals surface area (Å²) in [5.74, 6) is 0.898. The van der Waals surface area contributed by atoms with E-state index in [1.54, 1.807) is 0 Å². The highest BCUT2D eigenvalue weighted by molar-refractivity contribution is 5.81. The predicted molar refractivity (Wildman–Crippen MR) is 74.4 cm³/mol. The first-order valence-corrected chi connectivity index (χ1v) is 7.66. The van der Waals surface area contributed by atoms with Gasteiger partial charge in [0.1, 0.15) is 0 Å². The second-order valence-corrected chi connectivity index (χ2v) is 6.41. The fraction of sp³-hybridized carbons (Fsp3) is 0.933. The number of hydrogen-bond donors (Lipinski definition) is 2. The fourth-order valence-corrected chi connectivity index (χ4v) is 3.49. The Hall–Kier alpha value is -0.570. The molecule has 3 heteroatoms. The molecule has 0 bridgehead atoms. The van der Waals surface area contributed by atoms with Crippen LogP contribution >= 0.6 is 0 Å². The van der Waals surface area contributed by atoms with E-state index in [0.29, 0.717) is 11.3 Å². The number of rotatable bonds is 4. The number of hydrogen-bond acceptors (Lipinski definition) is 2. The summed E-state index contributed by atoms with van der Waals surface area (Å²) >= 11 is 0. The average Bonchev–Trinajstić information content (AvgIpc) is 2.85. The lowest BCUT2D eigenvalue weighted by molar-refractivity contribution is -0.124. The molecular weight excluding hydrogens is 224 g/mol. The van der Waals surface area contributed by atoms with Crippen LogP contribution in [0.2, 0.25) is 0 Å². The van der Waals surface area contributed by atoms with Crippen LogP contribution in [0.5, 0.6) is 0 Å². The lowest BCUT2D eigenvalue weighted by Gasteiger charge is -2.31. The summed E-state index contributed by atoms with van der Waals surface area (Å²) in [5.41, 5.74) is 0.399. The molecule has 104 valence electrons. The summed E-state index contributed by atoms with van der Waals surface area (Å²) in [6.07, 6.45) is 8.64. The van der Waals surface area contributed by atoms with Crippen molar-refractivity contribution in [3.05, 3.63) is 0 Å². The number of nitrogens with one attached hydrogen (secondary N) is 2. The summed E-state index contributed by atoms with van der Waals surface area (Å²) in [6, 6.07) is 0.0454. The van der Waals surface area contributed by atoms with Gasteiger partial charge < -0.3 is 10.6 Å². The summed E-state index contributed by atoms with van der Waals surface area (Å²) in [5, 5.41) is 6.55. The van der Waals surface area contributed by atoms with Gasteiger partial charge in [-0.2, -0.15) is 0 Å². The normalized spacial score (nSPS) is 31.2. The Morgan fingerprint density at radius 2 is 2.11 bits per heavy atom. The van der Waals surface area contributed by atoms with Crippen LogP contribution in [0.4, 0.5) is 0 Å². The van der Waals surface area contributed by atoms with Gasteiger partial charge in [0.2, 0.25) is 5.91 Å². The highest BCUT2D eigenvalue weighted by atomic mass is 16.2. The number of piperidine rings is 1. The zero-order valence-electron chi connectivity index (χ0n) is 11.9. The maximum Gasteiger partial charge on any atom is 0.237 e. The lowest BCUT2D eigenvalue weighted by atomic mass is 9.83. The summed E-state index contributed by atoms with van der Waals surface area (Å²) in [4.78, 5) is 12.2. The van der Waals surface area contributed by atoms with Crippen LogP contribution in [-0.4, -0.2) is 25.0 Å². The molecule has 2 N–H and O–H groups in total. The number of amides is 1. The van der Waals surface area contributed by atoms with Crippen LogP contribution < -0.4 is 10.6 Å². The lowest BCUT2D eigenvalue weighted by Crippen LogP contribution is -2.50. The van der Waals surface area contributed by atoms with Crippen LogP contribution in [0.3, 0.4) is 0 Å². The minimum atomic E-state index is 0.0454. The molecule has 2 atom stereocenters. The van der Waals surface area contributed by atoms with Crippen molar-refractivity contribution in [2.24, 2.45) is 11.3 Å². The van der Waals surface area contributed by atoms with Crippen molar-refractivity contribution in [1.82, 2.24) is 10.6 Å². The molecule has 2 unspecified atom stereocenters. The van der Waals surface area contributed by atoms with Crippen molar-refractivity contribution < 1.29 is 4.79 Å². The molecule has 0 spiro atoms. The van der Waals surface area contributed by atoms with Crippen molar-refractivity contribution in [3.63, 3.8) is 0 Å². The van der Waals surface area contributed by atoms with Gasteiger partial charge in [-0.3, -0.25) is 4.79 Å². The zero-order valence-corrected chi connectivity index (χ0v) is 11.9. The van der Waals surface area contributed by atoms with Crippen molar-refractivity contribution in [2.45, 2.75) is 64.8 Å². The Labute approximate surface area is 111 Å². The van der Waals surface area contributed by atoms with Gasteiger partial charge in [-0.25, -0.2) is 0 Å². The largest absolute Gasteiger partial charge is 0.354 e. The van der Waals surface area contributed by atoms with Crippen molar-refractivity contribution in [1.29, 1.82) is 0 Å². The average molecular weight is 252 g/mol. The van der Waals surface area contributed by atoms with E-state index in [1.807, 2.05) is 0 Å². The SMILES string of the molecule is CCC1(CNC(=O)C2CC(C)CCN2)CCCC1. The van der Waals surface area contributed by atoms with E-state index in [4.69, 9.17) is 0 Å². The fourth-order valence-electron chi connectivity index (χ4n) is 3.49. The standard InChI is InChI=1S/C15H28N2O/c1-3-15(7-4-5-8-15)11-17-14(18)13-10-12(2)6-9-16-13/h12-13,16H,3-11H2,1-2H3,(H,17,18). The second kappa shape index (κ2) is 6.05. The van der Waals surface area contributed by atoms with E-state index in [9.17, 15) is 4.79 Å². The van der Waals surface area contributed by atoms with Crippen molar-refractivity contribution in [2.75, 3.05) is 13.1 Å². The van der Waals surface area contributed by atoms with E-state index < -0.39 is 0 Å². The maximum atomic E-state index is 12.2. The van der Waals surface area contributed by atoms with E-state index in [1.165, 1.54) is 38.5 Å². The molecule has 1 aliphatic carbocycles. The zero-order chi connectivity index (χ0) is 13.0. The van der Waals surface area contributed by atoms with E-state index in [-0.39, 0.29) is 11.9 Å². The van der Waals surface area contributed by atoms with Gasteiger partial charge in [0.15, 0.2) is 0 Å². The van der Waals surface area contributed by atoms with Crippen LogP contribution in [0.15, 0.2) is 0 Å². The molecule has 1 saturated carbocycles. The molecule has 1 amide bonds. The van der Waals surface area contributed by atoms with Gasteiger partial charge in [0, 0.05) is 6.54 Å². The Morgan fingerprint density at radius 1 is 1.39 bits per heavy atom. The molecule has 1 saturated heterocycles. The van der Waals surface area contributed by atoms with Gasteiger partial charge in [-0.1, -0.05) is 26.7 Å². The van der Waals surface area contributed by atoms with Gasteiger partial charge in [-0.05, 0) is 50.0 Å². The van der Waals surface area contributed by atoms with Crippen molar-refractivity contribution in [3.8, 4) is 0 Å². The Bertz CT molecular complexity index is 284. The van der Waals surface area contributed by atoms with Crippen LogP contribution in [-0.2, 0) is 4.79 Å². The van der Waals surface area contributed by atoms with E-state index in [2.05, 4.69) is 24.5 Å². The first kappa shape index (κ1) is 13.9. The van der Waals surface area contributed by atoms with Crippen molar-refractivity contribution >= 4 is 5.91 Å². The van der Waals surface area contributed by atoms with E-state index >= 15 is 0 Å². The molecule has 0 aromatic heterocycles. The second-order valence-electron chi connectivity index (χ2n) is 6.41. The van der Waals surface area contributed by atoms with Crippen LogP contribution in [0.25, 0.3) is 0 Å². The van der Waals surface area contributed by atoms with Crippen LogP contribution in [0.1, 0.15) is 58.8 Å². The van der Waals surface area contributed by atoms with Gasteiger partial charge in [0.25, 0.3) is 0 Å². The molecule has 0 aromatic carbocycles. The summed E-state index contributed by atoms with van der Waals surface area (Å²) in [6.45, 7) is 6.37. The highest BCUT2D eigenvalue weighted by Crippen LogP contribution is 2.40. The third-order valence-corrected chi connectivity index (χ3v) is 5.03. The molecule has 1 heterocycles. The monoisotopic (exact) mass is 252 g/mol. The quantitative estimate of drug-likeness (QED) is 0.807. The van der Waals surface area contributed by atoms with Crippen LogP contribution in [0, 0.1) is 11.3 Å². The molecule has 2 aliphatic rings. The Morgan fingerprint density at radius 3 is 2.72 bits per heavy atom. The number of carbonyl (C=O) groups excluding carboxylic acids is 1. The Balaban J connectivity index is 1.80. The first-order valence-electron chi connectivity index (χ1n) is 7.66. The van der Waals surface area contributed by atoms with E-state index in [0.717, 1.165) is 19.5 Å². The third kappa shape index (κ3) is 3.25. The first-order chi connectivity index (χ1) is 8.65. The molecule has 2 fully saturated rings. The van der Waals surface area contributed by atoms with Gasteiger partial charge in [-0.15, -0.1) is 0 Å². The topological polar surface area (TPSA) is 41.1 Å². The molecule has 2 rings (SSSR count). The smallest absolute Gasteiger partial charge is 0.237 e. The minimum absolute atomic E-state index is 0.0454. The molecule has 0 aromatic rings. The van der Waals surface area contributed by atoms with Gasteiger partial charge in [0.05, 0.1) is 6.04 Å². The molecule has 18 heavy (non-hydrogen) atoms. The Kier molecular flexibility index (Phi) is 4.66. The molecule has 3 nitrogen and oxygen atoms in total. The highest BCUT2D eigenvalue weighted by Gasteiger charge is 2.33. The summed E-state index contributed by atoms with van der Waals surface area (Å²) < 4.78 is 0. The van der Waals surface area contributed by atoms with Gasteiger partial charge >= 0.3 is 0 Å². The summed E-state index contributed by atoms with van der Waals surface area (Å²) in [7, 11) is 0. The molecule has 0 radical (unpaired) electrons. The minimum Gasteiger partial charge on any atom is -0.354 e. The number of carbonyl (C=O) groups is 1. The third-order valence-electron chi connectivity index (χ3n) is 5.03.